The summed E-state index contributed by atoms with van der Waals surface area (Å²) in [6, 6.07) is 29.5. The van der Waals surface area contributed by atoms with E-state index in [4.69, 9.17) is 21.7 Å². The molecule has 0 N–H and O–H groups in total. The fourth-order valence-corrected chi connectivity index (χ4v) is 5.11. The van der Waals surface area contributed by atoms with Gasteiger partial charge in [-0.15, -0.1) is 0 Å². The molecule has 0 saturated carbocycles. The summed E-state index contributed by atoms with van der Waals surface area (Å²) < 4.78 is 11.7. The first-order chi connectivity index (χ1) is 16.6. The molecule has 4 nitrogen and oxygen atoms in total. The Labute approximate surface area is 207 Å². The first kappa shape index (κ1) is 22.2. The molecule has 5 rings (SSSR count). The maximum atomic E-state index is 13.0. The topological polar surface area (TPSA) is 38.8 Å². The van der Waals surface area contributed by atoms with Crippen LogP contribution in [-0.2, 0) is 11.4 Å². The molecule has 1 fully saturated rings. The SMILES string of the molecule is COc1ccc(N2C(=O)/C(=C\c3ccc(OCc4cccc5ccccc45)cc3)SC2=S)cc1. The number of carbonyl (C=O) groups excluding carboxylic acids is 1. The second-order valence-electron chi connectivity index (χ2n) is 7.71. The lowest BCUT2D eigenvalue weighted by Gasteiger charge is -2.14. The third-order valence-corrected chi connectivity index (χ3v) is 6.88. The number of thiocarbonyl (C=S) groups is 1. The summed E-state index contributed by atoms with van der Waals surface area (Å²) in [7, 11) is 1.61. The molecule has 168 valence electrons. The number of carbonyl (C=O) groups is 1. The van der Waals surface area contributed by atoms with Gasteiger partial charge in [-0.05, 0) is 64.4 Å². The molecular weight excluding hydrogens is 462 g/mol. The maximum absolute atomic E-state index is 13.0. The highest BCUT2D eigenvalue weighted by Gasteiger charge is 2.33. The van der Waals surface area contributed by atoms with Gasteiger partial charge in [-0.25, -0.2) is 0 Å². The third-order valence-electron chi connectivity index (χ3n) is 5.58. The molecule has 1 aliphatic heterocycles. The highest BCUT2D eigenvalue weighted by Crippen LogP contribution is 2.36. The van der Waals surface area contributed by atoms with E-state index in [1.165, 1.54) is 22.5 Å². The molecule has 0 aliphatic carbocycles. The van der Waals surface area contributed by atoms with Crippen LogP contribution in [0.5, 0.6) is 11.5 Å². The molecule has 1 heterocycles. The summed E-state index contributed by atoms with van der Waals surface area (Å²) in [6.07, 6.45) is 1.86. The Bertz CT molecular complexity index is 1390. The predicted octanol–water partition coefficient (Wildman–Crippen LogP) is 6.83. The standard InChI is InChI=1S/C28H21NO3S2/c1-31-23-15-11-22(12-16-23)29-27(30)26(34-28(29)33)17-19-9-13-24(14-10-19)32-18-21-7-4-6-20-5-2-3-8-25(20)21/h2-17H,18H2,1H3/b26-17+. The van der Waals surface area contributed by atoms with Crippen LogP contribution in [0.2, 0.25) is 0 Å². The second kappa shape index (κ2) is 9.71. The Hall–Kier alpha value is -3.61. The van der Waals surface area contributed by atoms with Crippen molar-refractivity contribution in [2.75, 3.05) is 12.0 Å². The van der Waals surface area contributed by atoms with Crippen LogP contribution in [0, 0.1) is 0 Å². The van der Waals surface area contributed by atoms with E-state index < -0.39 is 0 Å². The van der Waals surface area contributed by atoms with Gasteiger partial charge in [0.05, 0.1) is 17.7 Å². The van der Waals surface area contributed by atoms with Gasteiger partial charge in [0, 0.05) is 0 Å². The highest BCUT2D eigenvalue weighted by molar-refractivity contribution is 8.27. The molecule has 0 unspecified atom stereocenters. The Kier molecular flexibility index (Phi) is 6.34. The molecule has 1 saturated heterocycles. The van der Waals surface area contributed by atoms with E-state index in [-0.39, 0.29) is 5.91 Å². The highest BCUT2D eigenvalue weighted by atomic mass is 32.2. The first-order valence-electron chi connectivity index (χ1n) is 10.7. The molecule has 0 bridgehead atoms. The Balaban J connectivity index is 1.28. The van der Waals surface area contributed by atoms with Gasteiger partial charge in [-0.3, -0.25) is 9.69 Å². The van der Waals surface area contributed by atoms with Crippen LogP contribution >= 0.6 is 24.0 Å². The second-order valence-corrected chi connectivity index (χ2v) is 9.39. The fraction of sp³-hybridized carbons (Fsp3) is 0.0714. The number of rotatable bonds is 6. The third kappa shape index (κ3) is 4.55. The van der Waals surface area contributed by atoms with Crippen molar-refractivity contribution in [3.8, 4) is 11.5 Å². The first-order valence-corrected chi connectivity index (χ1v) is 12.0. The van der Waals surface area contributed by atoms with Gasteiger partial charge < -0.3 is 9.47 Å². The summed E-state index contributed by atoms with van der Waals surface area (Å²) in [5.74, 6) is 1.37. The van der Waals surface area contributed by atoms with Crippen molar-refractivity contribution in [1.82, 2.24) is 0 Å². The predicted molar refractivity (Wildman–Crippen MR) is 143 cm³/mol. The molecule has 0 radical (unpaired) electrons. The van der Waals surface area contributed by atoms with Crippen LogP contribution < -0.4 is 14.4 Å². The fourth-order valence-electron chi connectivity index (χ4n) is 3.81. The van der Waals surface area contributed by atoms with Crippen molar-refractivity contribution in [3.05, 3.63) is 107 Å². The summed E-state index contributed by atoms with van der Waals surface area (Å²) in [5.41, 5.74) is 2.78. The van der Waals surface area contributed by atoms with Crippen molar-refractivity contribution < 1.29 is 14.3 Å². The van der Waals surface area contributed by atoms with E-state index in [1.807, 2.05) is 72.8 Å². The van der Waals surface area contributed by atoms with Gasteiger partial charge >= 0.3 is 0 Å². The summed E-state index contributed by atoms with van der Waals surface area (Å²) in [5, 5.41) is 2.39. The molecule has 1 amide bonds. The van der Waals surface area contributed by atoms with Crippen LogP contribution in [0.3, 0.4) is 0 Å². The molecule has 0 aromatic heterocycles. The van der Waals surface area contributed by atoms with Crippen LogP contribution in [0.15, 0.2) is 95.9 Å². The molecule has 0 spiro atoms. The molecule has 6 heteroatoms. The number of fused-ring (bicyclic) bond motifs is 1. The number of methoxy groups -OCH3 is 1. The minimum atomic E-state index is -0.128. The van der Waals surface area contributed by atoms with Crippen LogP contribution in [0.1, 0.15) is 11.1 Å². The van der Waals surface area contributed by atoms with E-state index in [0.29, 0.717) is 15.8 Å². The lowest BCUT2D eigenvalue weighted by molar-refractivity contribution is -0.113. The van der Waals surface area contributed by atoms with Crippen molar-refractivity contribution >= 4 is 56.7 Å². The maximum Gasteiger partial charge on any atom is 0.270 e. The van der Waals surface area contributed by atoms with Crippen molar-refractivity contribution in [2.45, 2.75) is 6.61 Å². The summed E-state index contributed by atoms with van der Waals surface area (Å²) in [6.45, 7) is 0.487. The van der Waals surface area contributed by atoms with Crippen molar-refractivity contribution in [1.29, 1.82) is 0 Å². The number of anilines is 1. The number of benzene rings is 4. The van der Waals surface area contributed by atoms with Crippen LogP contribution in [0.4, 0.5) is 5.69 Å². The van der Waals surface area contributed by atoms with Crippen LogP contribution in [-0.4, -0.2) is 17.3 Å². The van der Waals surface area contributed by atoms with Gasteiger partial charge in [0.2, 0.25) is 0 Å². The molecule has 0 atom stereocenters. The van der Waals surface area contributed by atoms with Gasteiger partial charge in [0.25, 0.3) is 5.91 Å². The van der Waals surface area contributed by atoms with Crippen molar-refractivity contribution in [2.24, 2.45) is 0 Å². The van der Waals surface area contributed by atoms with E-state index >= 15 is 0 Å². The molecule has 34 heavy (non-hydrogen) atoms. The zero-order chi connectivity index (χ0) is 23.5. The number of hydrogen-bond donors (Lipinski definition) is 0. The van der Waals surface area contributed by atoms with E-state index in [2.05, 4.69) is 24.3 Å². The van der Waals surface area contributed by atoms with Crippen molar-refractivity contribution in [3.63, 3.8) is 0 Å². The molecular formula is C28H21NO3S2. The van der Waals surface area contributed by atoms with Gasteiger partial charge in [-0.2, -0.15) is 0 Å². The Morgan fingerprint density at radius 1 is 0.882 bits per heavy atom. The largest absolute Gasteiger partial charge is 0.497 e. The van der Waals surface area contributed by atoms with E-state index in [1.54, 1.807) is 12.0 Å². The van der Waals surface area contributed by atoms with E-state index in [9.17, 15) is 4.79 Å². The summed E-state index contributed by atoms with van der Waals surface area (Å²) in [4.78, 5) is 15.1. The number of nitrogens with zero attached hydrogens (tertiary/aromatic N) is 1. The zero-order valence-electron chi connectivity index (χ0n) is 18.4. The average Bonchev–Trinajstić information content (AvgIpc) is 3.16. The lowest BCUT2D eigenvalue weighted by Crippen LogP contribution is -2.27. The number of amides is 1. The molecule has 4 aromatic carbocycles. The number of ether oxygens (including phenoxy) is 2. The number of thioether (sulfide) groups is 1. The number of hydrogen-bond acceptors (Lipinski definition) is 5. The quantitative estimate of drug-likeness (QED) is 0.222. The lowest BCUT2D eigenvalue weighted by atomic mass is 10.1. The van der Waals surface area contributed by atoms with E-state index in [0.717, 1.165) is 28.3 Å². The summed E-state index contributed by atoms with van der Waals surface area (Å²) >= 11 is 6.77. The molecule has 4 aromatic rings. The molecule has 1 aliphatic rings. The minimum Gasteiger partial charge on any atom is -0.497 e. The van der Waals surface area contributed by atoms with Gasteiger partial charge in [0.15, 0.2) is 4.32 Å². The Morgan fingerprint density at radius 3 is 2.35 bits per heavy atom. The normalized spacial score (nSPS) is 14.7. The van der Waals surface area contributed by atoms with Gasteiger partial charge in [0.1, 0.15) is 18.1 Å². The average molecular weight is 484 g/mol. The van der Waals surface area contributed by atoms with Crippen LogP contribution in [0.25, 0.3) is 16.8 Å². The zero-order valence-corrected chi connectivity index (χ0v) is 20.1. The monoisotopic (exact) mass is 483 g/mol. The minimum absolute atomic E-state index is 0.128. The smallest absolute Gasteiger partial charge is 0.270 e. The Morgan fingerprint density at radius 2 is 1.59 bits per heavy atom. The van der Waals surface area contributed by atoms with Gasteiger partial charge in [-0.1, -0.05) is 78.6 Å².